The number of nitrogens with zero attached hydrogens (tertiary/aromatic N) is 2. The van der Waals surface area contributed by atoms with Gasteiger partial charge in [-0.25, -0.2) is 0 Å². The van der Waals surface area contributed by atoms with Crippen molar-refractivity contribution < 1.29 is 14.3 Å². The summed E-state index contributed by atoms with van der Waals surface area (Å²) in [6.45, 7) is 7.76. The number of rotatable bonds is 9. The van der Waals surface area contributed by atoms with Gasteiger partial charge < -0.3 is 14.6 Å². The molecule has 3 rings (SSSR count). The Morgan fingerprint density at radius 1 is 1.09 bits per heavy atom. The van der Waals surface area contributed by atoms with Gasteiger partial charge >= 0.3 is 5.97 Å². The van der Waals surface area contributed by atoms with Gasteiger partial charge in [-0.2, -0.15) is 0 Å². The van der Waals surface area contributed by atoms with Crippen LogP contribution in [-0.4, -0.2) is 28.5 Å². The van der Waals surface area contributed by atoms with Gasteiger partial charge in [-0.3, -0.25) is 19.4 Å². The number of methoxy groups -OCH3 is 1. The van der Waals surface area contributed by atoms with Gasteiger partial charge in [0.05, 0.1) is 19.6 Å². The largest absolute Gasteiger partial charge is 0.469 e. The van der Waals surface area contributed by atoms with E-state index >= 15 is 0 Å². The summed E-state index contributed by atoms with van der Waals surface area (Å²) < 4.78 is 6.35. The highest BCUT2D eigenvalue weighted by atomic mass is 16.5. The van der Waals surface area contributed by atoms with Gasteiger partial charge in [-0.1, -0.05) is 37.6 Å². The molecule has 0 radical (unpaired) electrons. The molecular formula is C28H33N3O4. The monoisotopic (exact) mass is 475 g/mol. The van der Waals surface area contributed by atoms with Crippen LogP contribution in [0.4, 0.5) is 0 Å². The van der Waals surface area contributed by atoms with Gasteiger partial charge in [0.1, 0.15) is 6.04 Å². The van der Waals surface area contributed by atoms with Crippen LogP contribution in [0.1, 0.15) is 60.7 Å². The van der Waals surface area contributed by atoms with Crippen molar-refractivity contribution in [1.82, 2.24) is 14.9 Å². The molecule has 1 N–H and O–H groups in total. The summed E-state index contributed by atoms with van der Waals surface area (Å²) in [7, 11) is 1.32. The number of carbonyl (C=O) groups excluding carboxylic acids is 2. The molecule has 7 heteroatoms. The van der Waals surface area contributed by atoms with E-state index < -0.39 is 18.1 Å². The number of benzene rings is 1. The Bertz CT molecular complexity index is 1270. The maximum atomic E-state index is 13.5. The van der Waals surface area contributed by atoms with E-state index in [0.717, 1.165) is 27.9 Å². The summed E-state index contributed by atoms with van der Waals surface area (Å²) >= 11 is 0. The van der Waals surface area contributed by atoms with Gasteiger partial charge in [0.2, 0.25) is 5.91 Å². The van der Waals surface area contributed by atoms with Crippen LogP contribution in [0, 0.1) is 20.8 Å². The predicted octanol–water partition coefficient (Wildman–Crippen LogP) is 4.60. The lowest BCUT2D eigenvalue weighted by Crippen LogP contribution is -2.39. The van der Waals surface area contributed by atoms with Crippen LogP contribution in [0.25, 0.3) is 11.1 Å². The summed E-state index contributed by atoms with van der Waals surface area (Å²) in [5.74, 6) is -0.780. The van der Waals surface area contributed by atoms with Crippen molar-refractivity contribution in [3.63, 3.8) is 0 Å². The molecule has 0 aliphatic rings. The fourth-order valence-corrected chi connectivity index (χ4v) is 4.17. The van der Waals surface area contributed by atoms with Gasteiger partial charge in [-0.05, 0) is 61.6 Å². The molecule has 0 aliphatic carbocycles. The zero-order valence-electron chi connectivity index (χ0n) is 21.0. The molecule has 2 unspecified atom stereocenters. The smallest absolute Gasteiger partial charge is 0.307 e. The van der Waals surface area contributed by atoms with Gasteiger partial charge in [0.25, 0.3) is 5.56 Å². The minimum absolute atomic E-state index is 0.0537. The highest BCUT2D eigenvalue weighted by molar-refractivity contribution is 5.82. The lowest BCUT2D eigenvalue weighted by molar-refractivity contribution is -0.141. The molecule has 2 heterocycles. The first-order valence-corrected chi connectivity index (χ1v) is 11.8. The van der Waals surface area contributed by atoms with Crippen LogP contribution >= 0.6 is 0 Å². The molecule has 35 heavy (non-hydrogen) atoms. The molecule has 184 valence electrons. The van der Waals surface area contributed by atoms with E-state index in [1.54, 1.807) is 12.4 Å². The zero-order valence-corrected chi connectivity index (χ0v) is 21.0. The highest BCUT2D eigenvalue weighted by Gasteiger charge is 2.26. The fraction of sp³-hybridized carbons (Fsp3) is 0.357. The number of esters is 1. The van der Waals surface area contributed by atoms with Crippen molar-refractivity contribution in [2.24, 2.45) is 0 Å². The van der Waals surface area contributed by atoms with Crippen molar-refractivity contribution in [1.29, 1.82) is 0 Å². The second kappa shape index (κ2) is 11.6. The summed E-state index contributed by atoms with van der Waals surface area (Å²) in [5.41, 5.74) is 5.22. The molecule has 0 saturated carbocycles. The van der Waals surface area contributed by atoms with E-state index in [0.29, 0.717) is 18.4 Å². The number of nitrogens with one attached hydrogen (secondary N) is 1. The second-order valence-electron chi connectivity index (χ2n) is 8.81. The van der Waals surface area contributed by atoms with Gasteiger partial charge in [0, 0.05) is 29.7 Å². The first-order valence-electron chi connectivity index (χ1n) is 11.8. The van der Waals surface area contributed by atoms with Crippen molar-refractivity contribution in [3.8, 4) is 11.1 Å². The topological polar surface area (TPSA) is 90.3 Å². The predicted molar refractivity (Wildman–Crippen MR) is 136 cm³/mol. The van der Waals surface area contributed by atoms with Crippen molar-refractivity contribution in [2.45, 2.75) is 59.0 Å². The van der Waals surface area contributed by atoms with Crippen molar-refractivity contribution in [3.05, 3.63) is 87.6 Å². The Hall–Kier alpha value is -3.74. The molecule has 2 atom stereocenters. The average molecular weight is 476 g/mol. The molecule has 1 amide bonds. The van der Waals surface area contributed by atoms with E-state index in [1.807, 2.05) is 64.1 Å². The van der Waals surface area contributed by atoms with Crippen LogP contribution in [0.2, 0.25) is 0 Å². The van der Waals surface area contributed by atoms with E-state index in [-0.39, 0.29) is 17.9 Å². The lowest BCUT2D eigenvalue weighted by atomic mass is 9.95. The molecule has 0 aliphatic heterocycles. The molecule has 0 saturated heterocycles. The summed E-state index contributed by atoms with van der Waals surface area (Å²) in [4.78, 5) is 42.9. The lowest BCUT2D eigenvalue weighted by Gasteiger charge is -2.24. The Morgan fingerprint density at radius 3 is 2.49 bits per heavy atom. The van der Waals surface area contributed by atoms with E-state index in [4.69, 9.17) is 4.74 Å². The molecule has 7 nitrogen and oxygen atoms in total. The number of ether oxygens (including phenoxy) is 1. The minimum Gasteiger partial charge on any atom is -0.469 e. The van der Waals surface area contributed by atoms with Gasteiger partial charge in [0.15, 0.2) is 0 Å². The standard InChI is InChI=1S/C28H33N3O4/c1-6-9-25(31-13-12-18(2)14-26(31)32)28(34)30-24(16-27(33)35-5)21-15-23(20(4)29-17-21)22-11-8-7-10-19(22)3/h7-8,10-15,17,24-25H,6,9,16H2,1-5H3,(H,30,34). The number of aromatic nitrogens is 2. The third-order valence-electron chi connectivity index (χ3n) is 6.16. The van der Waals surface area contributed by atoms with E-state index in [1.165, 1.54) is 17.7 Å². The number of aryl methyl sites for hydroxylation is 3. The Balaban J connectivity index is 1.99. The van der Waals surface area contributed by atoms with Gasteiger partial charge in [-0.15, -0.1) is 0 Å². The third-order valence-corrected chi connectivity index (χ3v) is 6.16. The number of hydrogen-bond acceptors (Lipinski definition) is 5. The highest BCUT2D eigenvalue weighted by Crippen LogP contribution is 2.29. The fourth-order valence-electron chi connectivity index (χ4n) is 4.17. The third kappa shape index (κ3) is 6.23. The molecule has 3 aromatic rings. The normalized spacial score (nSPS) is 12.6. The van der Waals surface area contributed by atoms with Crippen LogP contribution in [-0.2, 0) is 14.3 Å². The zero-order chi connectivity index (χ0) is 25.5. The summed E-state index contributed by atoms with van der Waals surface area (Å²) in [6, 6.07) is 11.9. The van der Waals surface area contributed by atoms with E-state index in [9.17, 15) is 14.4 Å². The average Bonchev–Trinajstić information content (AvgIpc) is 2.83. The van der Waals surface area contributed by atoms with Crippen LogP contribution in [0.3, 0.4) is 0 Å². The minimum atomic E-state index is -0.692. The van der Waals surface area contributed by atoms with Crippen LogP contribution in [0.5, 0.6) is 0 Å². The number of carbonyl (C=O) groups is 2. The quantitative estimate of drug-likeness (QED) is 0.457. The maximum absolute atomic E-state index is 13.5. The SMILES string of the molecule is CCCC(C(=O)NC(CC(=O)OC)c1cnc(C)c(-c2ccccc2C)c1)n1ccc(C)cc1=O. The Labute approximate surface area is 206 Å². The van der Waals surface area contributed by atoms with Crippen molar-refractivity contribution in [2.75, 3.05) is 7.11 Å². The molecule has 0 spiro atoms. The Morgan fingerprint density at radius 2 is 1.83 bits per heavy atom. The summed E-state index contributed by atoms with van der Waals surface area (Å²) in [5, 5.41) is 3.00. The number of amides is 1. The number of pyridine rings is 2. The first kappa shape index (κ1) is 25.9. The molecular weight excluding hydrogens is 442 g/mol. The van der Waals surface area contributed by atoms with Crippen molar-refractivity contribution >= 4 is 11.9 Å². The molecule has 2 aromatic heterocycles. The number of hydrogen-bond donors (Lipinski definition) is 1. The molecule has 1 aromatic carbocycles. The molecule has 0 bridgehead atoms. The Kier molecular flexibility index (Phi) is 8.58. The first-order chi connectivity index (χ1) is 16.7. The van der Waals surface area contributed by atoms with E-state index in [2.05, 4.69) is 10.3 Å². The summed E-state index contributed by atoms with van der Waals surface area (Å²) in [6.07, 6.45) is 4.47. The maximum Gasteiger partial charge on any atom is 0.307 e. The van der Waals surface area contributed by atoms with Crippen LogP contribution in [0.15, 0.2) is 59.7 Å². The molecule has 0 fully saturated rings. The van der Waals surface area contributed by atoms with Crippen LogP contribution < -0.4 is 10.9 Å². The second-order valence-corrected chi connectivity index (χ2v) is 8.81.